The van der Waals surface area contributed by atoms with Gasteiger partial charge in [0.15, 0.2) is 0 Å². The summed E-state index contributed by atoms with van der Waals surface area (Å²) >= 11 is 0. The largest absolute Gasteiger partial charge is 0.492 e. The van der Waals surface area contributed by atoms with Crippen LogP contribution in [0.3, 0.4) is 0 Å². The second-order valence-electron chi connectivity index (χ2n) is 6.40. The zero-order chi connectivity index (χ0) is 21.6. The van der Waals surface area contributed by atoms with Crippen molar-refractivity contribution in [3.8, 4) is 5.75 Å². The Morgan fingerprint density at radius 2 is 1.73 bits per heavy atom. The van der Waals surface area contributed by atoms with Gasteiger partial charge in [-0.05, 0) is 35.9 Å². The summed E-state index contributed by atoms with van der Waals surface area (Å²) in [5, 5.41) is 11.7. The van der Waals surface area contributed by atoms with Crippen LogP contribution in [0.1, 0.15) is 16.1 Å². The number of nitrogens with one attached hydrogen (secondary N) is 1. The summed E-state index contributed by atoms with van der Waals surface area (Å²) in [5.41, 5.74) is 0.657. The maximum absolute atomic E-state index is 12.5. The first-order chi connectivity index (χ1) is 14.3. The number of hydrogen-bond acceptors (Lipinski definition) is 6. The van der Waals surface area contributed by atoms with E-state index in [1.54, 1.807) is 36.4 Å². The molecule has 0 aliphatic carbocycles. The second-order valence-corrected chi connectivity index (χ2v) is 8.01. The zero-order valence-corrected chi connectivity index (χ0v) is 16.7. The maximum Gasteiger partial charge on any atom is 0.276 e. The minimum atomic E-state index is -3.63. The highest BCUT2D eigenvalue weighted by Gasteiger charge is 2.11. The fourth-order valence-electron chi connectivity index (χ4n) is 2.61. The molecule has 9 nitrogen and oxygen atoms in total. The van der Waals surface area contributed by atoms with E-state index >= 15 is 0 Å². The highest BCUT2D eigenvalue weighted by atomic mass is 32.2. The Hall–Kier alpha value is -3.50. The number of carbonyl (C=O) groups is 1. The normalized spacial score (nSPS) is 11.1. The van der Waals surface area contributed by atoms with Gasteiger partial charge in [-0.3, -0.25) is 9.59 Å². The van der Waals surface area contributed by atoms with Crippen molar-refractivity contribution in [1.82, 2.24) is 9.78 Å². The van der Waals surface area contributed by atoms with Crippen LogP contribution >= 0.6 is 0 Å². The van der Waals surface area contributed by atoms with Crippen LogP contribution in [0.4, 0.5) is 5.69 Å². The molecule has 30 heavy (non-hydrogen) atoms. The standard InChI is InChI=1S/C20H20N4O5S/c21-30(27,28)14-15-6-8-16(9-7-15)22-20(26)18-10-11-19(25)24(23-18)12-13-29-17-4-2-1-3-5-17/h1-11H,12-14H2,(H,22,26)(H2,21,27,28). The number of benzene rings is 2. The number of para-hydroxylation sites is 1. The fraction of sp³-hybridized carbons (Fsp3) is 0.150. The first kappa shape index (κ1) is 21.2. The molecule has 0 spiro atoms. The highest BCUT2D eigenvalue weighted by Crippen LogP contribution is 2.12. The first-order valence-corrected chi connectivity index (χ1v) is 10.7. The Morgan fingerprint density at radius 3 is 2.40 bits per heavy atom. The number of nitrogens with zero attached hydrogens (tertiary/aromatic N) is 2. The van der Waals surface area contributed by atoms with Crippen molar-refractivity contribution in [1.29, 1.82) is 0 Å². The van der Waals surface area contributed by atoms with Gasteiger partial charge >= 0.3 is 0 Å². The summed E-state index contributed by atoms with van der Waals surface area (Å²) in [7, 11) is -3.63. The number of hydrogen-bond donors (Lipinski definition) is 2. The van der Waals surface area contributed by atoms with Gasteiger partial charge in [-0.2, -0.15) is 5.10 Å². The monoisotopic (exact) mass is 428 g/mol. The smallest absolute Gasteiger partial charge is 0.276 e. The summed E-state index contributed by atoms with van der Waals surface area (Å²) in [6, 6.07) is 18.0. The molecule has 156 valence electrons. The quantitative estimate of drug-likeness (QED) is 0.557. The van der Waals surface area contributed by atoms with Gasteiger partial charge in [0.2, 0.25) is 10.0 Å². The number of rotatable bonds is 8. The van der Waals surface area contributed by atoms with Gasteiger partial charge < -0.3 is 10.1 Å². The zero-order valence-electron chi connectivity index (χ0n) is 15.9. The van der Waals surface area contributed by atoms with E-state index in [1.165, 1.54) is 12.1 Å². The van der Waals surface area contributed by atoms with E-state index in [2.05, 4.69) is 10.4 Å². The molecule has 0 atom stereocenters. The third kappa shape index (κ3) is 6.26. The molecule has 1 heterocycles. The Balaban J connectivity index is 1.63. The van der Waals surface area contributed by atoms with Crippen molar-refractivity contribution < 1.29 is 17.9 Å². The van der Waals surface area contributed by atoms with Crippen molar-refractivity contribution in [2.75, 3.05) is 11.9 Å². The van der Waals surface area contributed by atoms with Crippen LogP contribution in [0, 0.1) is 0 Å². The number of nitrogens with two attached hydrogens (primary N) is 1. The van der Waals surface area contributed by atoms with E-state index in [0.717, 1.165) is 4.68 Å². The molecule has 0 fully saturated rings. The molecule has 10 heteroatoms. The summed E-state index contributed by atoms with van der Waals surface area (Å²) < 4.78 is 29.0. The minimum absolute atomic E-state index is 0.0583. The molecule has 0 saturated carbocycles. The SMILES string of the molecule is NS(=O)(=O)Cc1ccc(NC(=O)c2ccc(=O)n(CCOc3ccccc3)n2)cc1. The number of amides is 1. The molecule has 2 aromatic carbocycles. The van der Waals surface area contributed by atoms with Crippen LogP contribution in [0.5, 0.6) is 5.75 Å². The number of carbonyl (C=O) groups excluding carboxylic acids is 1. The first-order valence-electron chi connectivity index (χ1n) is 8.97. The van der Waals surface area contributed by atoms with E-state index in [1.807, 2.05) is 18.2 Å². The molecule has 3 aromatic rings. The molecule has 1 amide bonds. The van der Waals surface area contributed by atoms with Gasteiger partial charge in [0.05, 0.1) is 12.3 Å². The highest BCUT2D eigenvalue weighted by molar-refractivity contribution is 7.88. The van der Waals surface area contributed by atoms with Crippen molar-refractivity contribution >= 4 is 21.6 Å². The third-order valence-corrected chi connectivity index (χ3v) is 4.73. The molecule has 0 radical (unpaired) electrons. The Bertz CT molecular complexity index is 1180. The van der Waals surface area contributed by atoms with Crippen LogP contribution in [0.2, 0.25) is 0 Å². The summed E-state index contributed by atoms with van der Waals surface area (Å²) in [6.07, 6.45) is 0. The lowest BCUT2D eigenvalue weighted by Gasteiger charge is -2.09. The fourth-order valence-corrected chi connectivity index (χ4v) is 3.27. The van der Waals surface area contributed by atoms with E-state index in [0.29, 0.717) is 17.0 Å². The molecule has 0 bridgehead atoms. The number of anilines is 1. The van der Waals surface area contributed by atoms with E-state index in [4.69, 9.17) is 9.88 Å². The molecule has 0 unspecified atom stereocenters. The van der Waals surface area contributed by atoms with Gasteiger partial charge in [0.1, 0.15) is 18.1 Å². The number of sulfonamides is 1. The Labute approximate surface area is 173 Å². The minimum Gasteiger partial charge on any atom is -0.492 e. The second kappa shape index (κ2) is 9.33. The molecule has 3 rings (SSSR count). The van der Waals surface area contributed by atoms with Crippen molar-refractivity contribution in [3.63, 3.8) is 0 Å². The van der Waals surface area contributed by atoms with Crippen LogP contribution in [-0.2, 0) is 22.3 Å². The molecule has 0 aliphatic heterocycles. The van der Waals surface area contributed by atoms with E-state index in [-0.39, 0.29) is 30.2 Å². The lowest BCUT2D eigenvalue weighted by molar-refractivity contribution is 0.101. The predicted molar refractivity (Wildman–Crippen MR) is 112 cm³/mol. The van der Waals surface area contributed by atoms with Crippen LogP contribution in [0.15, 0.2) is 71.5 Å². The molecular formula is C20H20N4O5S. The van der Waals surface area contributed by atoms with Crippen LogP contribution in [-0.4, -0.2) is 30.7 Å². The summed E-state index contributed by atoms with van der Waals surface area (Å²) in [5.74, 6) is -0.129. The molecular weight excluding hydrogens is 408 g/mol. The number of aromatic nitrogens is 2. The maximum atomic E-state index is 12.5. The topological polar surface area (TPSA) is 133 Å². The van der Waals surface area contributed by atoms with Crippen molar-refractivity contribution in [3.05, 3.63) is 88.3 Å². The van der Waals surface area contributed by atoms with E-state index in [9.17, 15) is 18.0 Å². The van der Waals surface area contributed by atoms with Gasteiger partial charge in [-0.1, -0.05) is 30.3 Å². The third-order valence-electron chi connectivity index (χ3n) is 3.99. The Kier molecular flexibility index (Phi) is 6.60. The lowest BCUT2D eigenvalue weighted by atomic mass is 10.2. The summed E-state index contributed by atoms with van der Waals surface area (Å²) in [4.78, 5) is 24.5. The van der Waals surface area contributed by atoms with Crippen LogP contribution in [0.25, 0.3) is 0 Å². The summed E-state index contributed by atoms with van der Waals surface area (Å²) in [6.45, 7) is 0.393. The predicted octanol–water partition coefficient (Wildman–Crippen LogP) is 1.36. The van der Waals surface area contributed by atoms with Crippen molar-refractivity contribution in [2.24, 2.45) is 5.14 Å². The number of primary sulfonamides is 1. The van der Waals surface area contributed by atoms with Crippen molar-refractivity contribution in [2.45, 2.75) is 12.3 Å². The average Bonchev–Trinajstić information content (AvgIpc) is 2.70. The van der Waals surface area contributed by atoms with Gasteiger partial charge in [-0.15, -0.1) is 0 Å². The van der Waals surface area contributed by atoms with Gasteiger partial charge in [0, 0.05) is 11.8 Å². The molecule has 0 saturated heterocycles. The molecule has 1 aromatic heterocycles. The van der Waals surface area contributed by atoms with Gasteiger partial charge in [0.25, 0.3) is 11.5 Å². The lowest BCUT2D eigenvalue weighted by Crippen LogP contribution is -2.28. The average molecular weight is 428 g/mol. The number of ether oxygens (including phenoxy) is 1. The van der Waals surface area contributed by atoms with E-state index < -0.39 is 15.9 Å². The molecule has 3 N–H and O–H groups in total. The van der Waals surface area contributed by atoms with Gasteiger partial charge in [-0.25, -0.2) is 18.2 Å². The van der Waals surface area contributed by atoms with Crippen LogP contribution < -0.4 is 20.8 Å². The molecule has 0 aliphatic rings. The Morgan fingerprint density at radius 1 is 1.03 bits per heavy atom.